The van der Waals surface area contributed by atoms with Crippen molar-refractivity contribution in [1.29, 1.82) is 0 Å². The Morgan fingerprint density at radius 1 is 1.31 bits per heavy atom. The molecule has 2 N–H and O–H groups in total. The van der Waals surface area contributed by atoms with Crippen LogP contribution in [0.2, 0.25) is 0 Å². The Bertz CT molecular complexity index is 191. The maximum absolute atomic E-state index is 9.62. The third-order valence-electron chi connectivity index (χ3n) is 0.601. The zero-order chi connectivity index (χ0) is 11.0. The Hall–Kier alpha value is -0.990. The van der Waals surface area contributed by atoms with Gasteiger partial charge in [0.05, 0.1) is 0 Å². The molecule has 0 aliphatic carbocycles. The normalized spacial score (nSPS) is 11.4. The minimum atomic E-state index is -2.03. The lowest BCUT2D eigenvalue weighted by Crippen LogP contribution is -2.13. The van der Waals surface area contributed by atoms with Crippen molar-refractivity contribution >= 4 is 23.2 Å². The second-order valence-corrected chi connectivity index (χ2v) is 3.16. The molecule has 0 fully saturated rings. The number of carboxylic acids is 2. The first-order valence-corrected chi connectivity index (χ1v) is 4.00. The van der Waals surface area contributed by atoms with E-state index < -0.39 is 29.6 Å². The number of carbonyl (C=O) groups is 2. The molecule has 0 aromatic carbocycles. The summed E-state index contributed by atoms with van der Waals surface area (Å²) in [7, 11) is 2.92. The van der Waals surface area contributed by atoms with Crippen molar-refractivity contribution < 1.29 is 28.6 Å². The van der Waals surface area contributed by atoms with Crippen molar-refractivity contribution in [3.8, 4) is 0 Å². The average molecular weight is 212 g/mol. The van der Waals surface area contributed by atoms with Gasteiger partial charge >= 0.3 is 11.9 Å². The molecule has 0 aliphatic heterocycles. The molecule has 0 radical (unpaired) electrons. The van der Waals surface area contributed by atoms with Crippen LogP contribution in [0.25, 0.3) is 0 Å². The van der Waals surface area contributed by atoms with Crippen molar-refractivity contribution in [2.75, 3.05) is 14.1 Å². The molecule has 0 spiro atoms. The molecule has 7 nitrogen and oxygen atoms in total. The van der Waals surface area contributed by atoms with Gasteiger partial charge in [0.2, 0.25) is 0 Å². The van der Waals surface area contributed by atoms with Crippen molar-refractivity contribution in [3.05, 3.63) is 0 Å². The molecular weight excluding hydrogens is 202 g/mol. The molecule has 0 saturated carbocycles. The summed E-state index contributed by atoms with van der Waals surface area (Å²) in [4.78, 5) is 18.9. The van der Waals surface area contributed by atoms with E-state index in [1.807, 2.05) is 0 Å². The smallest absolute Gasteiger partial charge is 0.314 e. The highest BCUT2D eigenvalue weighted by molar-refractivity contribution is 7.76. The van der Waals surface area contributed by atoms with Crippen molar-refractivity contribution in [2.45, 2.75) is 6.42 Å². The quantitative estimate of drug-likeness (QED) is 0.452. The van der Waals surface area contributed by atoms with Gasteiger partial charge in [-0.2, -0.15) is 0 Å². The highest BCUT2D eigenvalue weighted by Gasteiger charge is 2.01. The molecule has 8 heteroatoms. The van der Waals surface area contributed by atoms with Crippen LogP contribution in [-0.2, 0) is 20.9 Å². The molecule has 1 atom stereocenters. The Kier molecular flexibility index (Phi) is 8.55. The van der Waals surface area contributed by atoms with Gasteiger partial charge < -0.3 is 14.8 Å². The van der Waals surface area contributed by atoms with Crippen LogP contribution in [0.5, 0.6) is 0 Å². The van der Waals surface area contributed by atoms with E-state index in [0.29, 0.717) is 0 Å². The van der Waals surface area contributed by atoms with Gasteiger partial charge in [0.1, 0.15) is 6.42 Å². The summed E-state index contributed by atoms with van der Waals surface area (Å²) in [6.45, 7) is 0. The third kappa shape index (κ3) is 18.2. The Morgan fingerprint density at radius 3 is 1.54 bits per heavy atom. The van der Waals surface area contributed by atoms with Crippen molar-refractivity contribution in [3.63, 3.8) is 0 Å². The topological polar surface area (TPSA) is 118 Å². The van der Waals surface area contributed by atoms with Gasteiger partial charge in [0, 0.05) is 11.3 Å². The summed E-state index contributed by atoms with van der Waals surface area (Å²) in [6, 6.07) is 0. The van der Waals surface area contributed by atoms with E-state index >= 15 is 0 Å². The molecule has 0 rings (SSSR count). The van der Waals surface area contributed by atoms with E-state index in [4.69, 9.17) is 10.2 Å². The predicted molar refractivity (Wildman–Crippen MR) is 42.5 cm³/mol. The summed E-state index contributed by atoms with van der Waals surface area (Å²) >= 11 is -2.03. The third-order valence-corrected chi connectivity index (χ3v) is 1.20. The number of carboxylic acid groups (broad SMARTS) is 2. The summed E-state index contributed by atoms with van der Waals surface area (Å²) in [5, 5.41) is 15.4. The van der Waals surface area contributed by atoms with E-state index in [-0.39, 0.29) is 0 Å². The SMILES string of the molecule is CN(C)S(=O)[O-].O=C(O)CC(=O)O. The van der Waals surface area contributed by atoms with E-state index in [1.54, 1.807) is 0 Å². The molecule has 0 amide bonds. The molecule has 0 heterocycles. The molecule has 0 aromatic rings. The Balaban J connectivity index is 0. The van der Waals surface area contributed by atoms with Crippen molar-refractivity contribution in [1.82, 2.24) is 4.31 Å². The van der Waals surface area contributed by atoms with Crippen molar-refractivity contribution in [2.24, 2.45) is 0 Å². The van der Waals surface area contributed by atoms with E-state index in [9.17, 15) is 18.4 Å². The molecule has 78 valence electrons. The molecule has 0 saturated heterocycles. The van der Waals surface area contributed by atoms with Gasteiger partial charge in [-0.05, 0) is 14.1 Å². The van der Waals surface area contributed by atoms with E-state index in [2.05, 4.69) is 0 Å². The summed E-state index contributed by atoms with van der Waals surface area (Å²) in [5.74, 6) is -2.62. The van der Waals surface area contributed by atoms with Crippen LogP contribution in [0.3, 0.4) is 0 Å². The first kappa shape index (κ1) is 14.5. The van der Waals surface area contributed by atoms with Crippen LogP contribution >= 0.6 is 0 Å². The molecule has 0 aliphatic rings. The highest BCUT2D eigenvalue weighted by Crippen LogP contribution is 1.74. The highest BCUT2D eigenvalue weighted by atomic mass is 32.2. The number of nitrogens with zero attached hydrogens (tertiary/aromatic N) is 1. The van der Waals surface area contributed by atoms with Gasteiger partial charge in [0.15, 0.2) is 0 Å². The van der Waals surface area contributed by atoms with Crippen LogP contribution in [0.4, 0.5) is 0 Å². The fourth-order valence-electron chi connectivity index (χ4n) is 0.129. The number of hydrogen-bond donors (Lipinski definition) is 2. The Labute approximate surface area is 77.4 Å². The molecule has 1 unspecified atom stereocenters. The lowest BCUT2D eigenvalue weighted by molar-refractivity contribution is -0.147. The summed E-state index contributed by atoms with van der Waals surface area (Å²) in [6.07, 6.45) is -0.806. The standard InChI is InChI=1S/C3H4O4.C2H7NO2S/c4-2(5)1-3(6)7;1-3(2)6(4)5/h1H2,(H,4,5)(H,6,7);1-2H3,(H,4,5)/p-1. The number of rotatable bonds is 3. The van der Waals surface area contributed by atoms with E-state index in [0.717, 1.165) is 4.31 Å². The summed E-state index contributed by atoms with van der Waals surface area (Å²) in [5.41, 5.74) is 0. The van der Waals surface area contributed by atoms with Crippen LogP contribution in [-0.4, -0.2) is 49.3 Å². The minimum absolute atomic E-state index is 0.806. The van der Waals surface area contributed by atoms with Crippen LogP contribution in [0.15, 0.2) is 0 Å². The Morgan fingerprint density at radius 2 is 1.54 bits per heavy atom. The maximum atomic E-state index is 9.62. The molecular formula is C5H10NO6S-. The monoisotopic (exact) mass is 212 g/mol. The zero-order valence-corrected chi connectivity index (χ0v) is 7.91. The summed E-state index contributed by atoms with van der Waals surface area (Å²) < 4.78 is 20.3. The van der Waals surface area contributed by atoms with Gasteiger partial charge in [-0.1, -0.05) is 0 Å². The van der Waals surface area contributed by atoms with Gasteiger partial charge in [-0.15, -0.1) is 0 Å². The van der Waals surface area contributed by atoms with Gasteiger partial charge in [-0.25, -0.2) is 4.31 Å². The molecule has 0 aromatic heterocycles. The fraction of sp³-hybridized carbons (Fsp3) is 0.600. The van der Waals surface area contributed by atoms with Gasteiger partial charge in [0.25, 0.3) is 0 Å². The largest absolute Gasteiger partial charge is 0.760 e. The maximum Gasteiger partial charge on any atom is 0.314 e. The van der Waals surface area contributed by atoms with E-state index in [1.165, 1.54) is 14.1 Å². The van der Waals surface area contributed by atoms with Crippen LogP contribution < -0.4 is 0 Å². The first-order chi connectivity index (χ1) is 5.77. The van der Waals surface area contributed by atoms with Crippen LogP contribution in [0.1, 0.15) is 6.42 Å². The molecule has 13 heavy (non-hydrogen) atoms. The molecule has 0 bridgehead atoms. The first-order valence-electron chi connectivity index (χ1n) is 2.97. The predicted octanol–water partition coefficient (Wildman–Crippen LogP) is -1.11. The average Bonchev–Trinajstić information content (AvgIpc) is 1.84. The number of hydrogen-bond acceptors (Lipinski definition) is 4. The lowest BCUT2D eigenvalue weighted by atomic mass is 10.5. The second-order valence-electron chi connectivity index (χ2n) is 1.99. The number of aliphatic carboxylic acids is 2. The van der Waals surface area contributed by atoms with Gasteiger partial charge in [-0.3, -0.25) is 13.8 Å². The minimum Gasteiger partial charge on any atom is -0.760 e. The lowest BCUT2D eigenvalue weighted by Gasteiger charge is -2.10. The second kappa shape index (κ2) is 7.65. The van der Waals surface area contributed by atoms with Crippen LogP contribution in [0, 0.1) is 0 Å². The zero-order valence-electron chi connectivity index (χ0n) is 7.09. The fourth-order valence-corrected chi connectivity index (χ4v) is 0.129.